The first kappa shape index (κ1) is 10.8. The van der Waals surface area contributed by atoms with E-state index in [4.69, 9.17) is 27.4 Å². The minimum Gasteiger partial charge on any atom is -0.306 e. The van der Waals surface area contributed by atoms with Gasteiger partial charge >= 0.3 is 6.87 Å². The van der Waals surface area contributed by atoms with Crippen LogP contribution in [0.3, 0.4) is 0 Å². The number of halogens is 2. The molecular formula is C6H12Cl2NO2P. The van der Waals surface area contributed by atoms with Gasteiger partial charge in [0.1, 0.15) is 0 Å². The van der Waals surface area contributed by atoms with E-state index in [0.29, 0.717) is 19.0 Å². The minimum atomic E-state index is -3.05. The van der Waals surface area contributed by atoms with E-state index in [2.05, 4.69) is 0 Å². The monoisotopic (exact) mass is 231 g/mol. The zero-order valence-corrected chi connectivity index (χ0v) is 9.28. The summed E-state index contributed by atoms with van der Waals surface area (Å²) in [5.74, 6) is 0.417. The molecular weight excluding hydrogens is 220 g/mol. The van der Waals surface area contributed by atoms with E-state index in [1.165, 1.54) is 0 Å². The third-order valence-corrected chi connectivity index (χ3v) is 4.85. The molecule has 1 rings (SSSR count). The smallest absolute Gasteiger partial charge is 0.306 e. The lowest BCUT2D eigenvalue weighted by Gasteiger charge is -2.34. The topological polar surface area (TPSA) is 29.5 Å². The first-order valence-electron chi connectivity index (χ1n) is 3.85. The molecule has 0 aliphatic carbocycles. The Morgan fingerprint density at radius 3 is 2.92 bits per heavy atom. The molecule has 0 aromatic heterocycles. The van der Waals surface area contributed by atoms with E-state index >= 15 is 0 Å². The molecule has 0 aromatic rings. The fourth-order valence-electron chi connectivity index (χ4n) is 1.13. The molecule has 0 spiro atoms. The van der Waals surface area contributed by atoms with Crippen LogP contribution in [0.4, 0.5) is 0 Å². The van der Waals surface area contributed by atoms with Gasteiger partial charge in [0.25, 0.3) is 0 Å². The van der Waals surface area contributed by atoms with Gasteiger partial charge in [0.15, 0.2) is 0 Å². The van der Waals surface area contributed by atoms with Crippen LogP contribution in [0.1, 0.15) is 13.3 Å². The third kappa shape index (κ3) is 2.36. The first-order valence-corrected chi connectivity index (χ1v) is 6.87. The summed E-state index contributed by atoms with van der Waals surface area (Å²) in [6, 6.07) is 0.00954. The van der Waals surface area contributed by atoms with Crippen molar-refractivity contribution in [2.45, 2.75) is 19.4 Å². The highest BCUT2D eigenvalue weighted by Crippen LogP contribution is 2.58. The molecule has 6 heteroatoms. The SMILES string of the molecule is CC(CCl)N1CCCOP1(=O)Cl. The Kier molecular flexibility index (Phi) is 3.87. The fourth-order valence-corrected chi connectivity index (χ4v) is 3.71. The summed E-state index contributed by atoms with van der Waals surface area (Å²) in [5.41, 5.74) is 0. The Hall–Kier alpha value is 0.730. The second kappa shape index (κ2) is 4.30. The second-order valence-corrected chi connectivity index (χ2v) is 6.07. The van der Waals surface area contributed by atoms with Crippen molar-refractivity contribution in [3.63, 3.8) is 0 Å². The molecule has 1 fully saturated rings. The summed E-state index contributed by atoms with van der Waals surface area (Å²) in [4.78, 5) is 0. The molecule has 0 radical (unpaired) electrons. The van der Waals surface area contributed by atoms with E-state index < -0.39 is 6.87 Å². The standard InChI is InChI=1S/C6H12Cl2NO2P/c1-6(5-7)9-3-2-4-11-12(9,8)10/h6H,2-5H2,1H3. The van der Waals surface area contributed by atoms with Crippen LogP contribution in [0.25, 0.3) is 0 Å². The molecule has 1 aliphatic rings. The predicted octanol–water partition coefficient (Wildman–Crippen LogP) is 2.68. The number of rotatable bonds is 2. The van der Waals surface area contributed by atoms with Crippen molar-refractivity contribution in [3.8, 4) is 0 Å². The molecule has 72 valence electrons. The summed E-state index contributed by atoms with van der Waals surface area (Å²) >= 11 is 11.3. The van der Waals surface area contributed by atoms with Crippen molar-refractivity contribution >= 4 is 29.7 Å². The molecule has 1 saturated heterocycles. The van der Waals surface area contributed by atoms with E-state index in [9.17, 15) is 4.57 Å². The number of alkyl halides is 1. The van der Waals surface area contributed by atoms with Gasteiger partial charge in [-0.25, -0.2) is 4.67 Å². The van der Waals surface area contributed by atoms with Crippen molar-refractivity contribution in [1.29, 1.82) is 0 Å². The van der Waals surface area contributed by atoms with Crippen LogP contribution in [0, 0.1) is 0 Å². The number of hydrogen-bond donors (Lipinski definition) is 0. The Morgan fingerprint density at radius 1 is 1.75 bits per heavy atom. The van der Waals surface area contributed by atoms with Crippen molar-refractivity contribution < 1.29 is 9.09 Å². The van der Waals surface area contributed by atoms with Gasteiger partial charge in [-0.15, -0.1) is 11.6 Å². The Bertz CT molecular complexity index is 202. The number of nitrogens with zero attached hydrogens (tertiary/aromatic N) is 1. The van der Waals surface area contributed by atoms with Gasteiger partial charge in [-0.3, -0.25) is 4.57 Å². The normalized spacial score (nSPS) is 34.9. The molecule has 0 bridgehead atoms. The van der Waals surface area contributed by atoms with E-state index in [1.807, 2.05) is 6.92 Å². The second-order valence-electron chi connectivity index (χ2n) is 2.80. The Morgan fingerprint density at radius 2 is 2.42 bits per heavy atom. The van der Waals surface area contributed by atoms with Gasteiger partial charge in [0, 0.05) is 18.5 Å². The Labute approximate surface area is 82.3 Å². The van der Waals surface area contributed by atoms with Crippen LogP contribution in [-0.2, 0) is 9.09 Å². The van der Waals surface area contributed by atoms with Gasteiger partial charge < -0.3 is 4.52 Å². The number of hydrogen-bond acceptors (Lipinski definition) is 2. The van der Waals surface area contributed by atoms with Gasteiger partial charge in [0.2, 0.25) is 0 Å². The lowest BCUT2D eigenvalue weighted by molar-refractivity contribution is 0.200. The first-order chi connectivity index (χ1) is 5.58. The maximum Gasteiger partial charge on any atom is 0.363 e. The molecule has 2 unspecified atom stereocenters. The predicted molar refractivity (Wildman–Crippen MR) is 50.9 cm³/mol. The minimum absolute atomic E-state index is 0.00954. The van der Waals surface area contributed by atoms with E-state index in [-0.39, 0.29) is 6.04 Å². The highest BCUT2D eigenvalue weighted by atomic mass is 35.7. The van der Waals surface area contributed by atoms with Crippen LogP contribution in [0.2, 0.25) is 0 Å². The summed E-state index contributed by atoms with van der Waals surface area (Å²) in [6.45, 7) is 0.0188. The van der Waals surface area contributed by atoms with Crippen molar-refractivity contribution in [2.75, 3.05) is 19.0 Å². The van der Waals surface area contributed by atoms with Crippen molar-refractivity contribution in [2.24, 2.45) is 0 Å². The van der Waals surface area contributed by atoms with Crippen LogP contribution < -0.4 is 0 Å². The van der Waals surface area contributed by atoms with Gasteiger partial charge in [-0.1, -0.05) is 0 Å². The molecule has 2 atom stereocenters. The molecule has 1 heterocycles. The van der Waals surface area contributed by atoms with Gasteiger partial charge in [-0.05, 0) is 24.6 Å². The van der Waals surface area contributed by atoms with Crippen LogP contribution >= 0.6 is 29.7 Å². The molecule has 0 amide bonds. The van der Waals surface area contributed by atoms with Crippen molar-refractivity contribution in [1.82, 2.24) is 4.67 Å². The molecule has 3 nitrogen and oxygen atoms in total. The van der Waals surface area contributed by atoms with Crippen LogP contribution in [-0.4, -0.2) is 29.7 Å². The molecule has 0 N–H and O–H groups in total. The molecule has 12 heavy (non-hydrogen) atoms. The summed E-state index contributed by atoms with van der Waals surface area (Å²) in [7, 11) is 0. The lowest BCUT2D eigenvalue weighted by atomic mass is 10.3. The largest absolute Gasteiger partial charge is 0.363 e. The quantitative estimate of drug-likeness (QED) is 0.541. The molecule has 1 aliphatic heterocycles. The average Bonchev–Trinajstić information content (AvgIpc) is 2.02. The zero-order chi connectivity index (χ0) is 9.19. The summed E-state index contributed by atoms with van der Waals surface area (Å²) in [5, 5.41) is 0. The Balaban J connectivity index is 2.66. The maximum atomic E-state index is 11.6. The third-order valence-electron chi connectivity index (χ3n) is 1.82. The highest BCUT2D eigenvalue weighted by Gasteiger charge is 2.35. The zero-order valence-electron chi connectivity index (χ0n) is 6.87. The van der Waals surface area contributed by atoms with Crippen molar-refractivity contribution in [3.05, 3.63) is 0 Å². The maximum absolute atomic E-state index is 11.6. The van der Waals surface area contributed by atoms with E-state index in [0.717, 1.165) is 6.42 Å². The summed E-state index contributed by atoms with van der Waals surface area (Å²) in [6.07, 6.45) is 0.859. The summed E-state index contributed by atoms with van der Waals surface area (Å²) < 4.78 is 18.2. The van der Waals surface area contributed by atoms with Crippen LogP contribution in [0.15, 0.2) is 0 Å². The average molecular weight is 232 g/mol. The van der Waals surface area contributed by atoms with Crippen LogP contribution in [0.5, 0.6) is 0 Å². The van der Waals surface area contributed by atoms with E-state index in [1.54, 1.807) is 4.67 Å². The lowest BCUT2D eigenvalue weighted by Crippen LogP contribution is -2.35. The van der Waals surface area contributed by atoms with Gasteiger partial charge in [-0.2, -0.15) is 0 Å². The fraction of sp³-hybridized carbons (Fsp3) is 1.00. The molecule has 0 saturated carbocycles. The van der Waals surface area contributed by atoms with Gasteiger partial charge in [0.05, 0.1) is 6.61 Å². The molecule has 0 aromatic carbocycles. The highest BCUT2D eigenvalue weighted by molar-refractivity contribution is 7.83.